The van der Waals surface area contributed by atoms with Crippen LogP contribution in [0.15, 0.2) is 0 Å². The van der Waals surface area contributed by atoms with Crippen molar-refractivity contribution in [1.82, 2.24) is 5.32 Å². The van der Waals surface area contributed by atoms with Gasteiger partial charge in [0.05, 0.1) is 24.7 Å². The fourth-order valence-corrected chi connectivity index (χ4v) is 2.12. The fourth-order valence-electron chi connectivity index (χ4n) is 2.12. The van der Waals surface area contributed by atoms with Crippen molar-refractivity contribution in [2.75, 3.05) is 6.61 Å². The van der Waals surface area contributed by atoms with Crippen molar-refractivity contribution >= 4 is 11.9 Å². The molecule has 0 aromatic rings. The van der Waals surface area contributed by atoms with Gasteiger partial charge in [0.25, 0.3) is 0 Å². The van der Waals surface area contributed by atoms with Gasteiger partial charge in [-0.25, -0.2) is 0 Å². The number of esters is 1. The van der Waals surface area contributed by atoms with Crippen molar-refractivity contribution in [3.05, 3.63) is 0 Å². The van der Waals surface area contributed by atoms with E-state index in [0.717, 1.165) is 6.42 Å². The number of aliphatic hydroxyl groups excluding tert-OH is 1. The molecule has 0 unspecified atom stereocenters. The van der Waals surface area contributed by atoms with Crippen LogP contribution in [0, 0.1) is 5.92 Å². The zero-order valence-corrected chi connectivity index (χ0v) is 9.73. The lowest BCUT2D eigenvalue weighted by atomic mass is 9.82. The van der Waals surface area contributed by atoms with Gasteiger partial charge in [-0.2, -0.15) is 0 Å². The maximum Gasteiger partial charge on any atom is 0.311 e. The molecule has 2 N–H and O–H groups in total. The topological polar surface area (TPSA) is 75.6 Å². The second kappa shape index (κ2) is 5.84. The van der Waals surface area contributed by atoms with Gasteiger partial charge >= 0.3 is 5.97 Å². The molecule has 1 rings (SSSR count). The highest BCUT2D eigenvalue weighted by molar-refractivity contribution is 5.77. The zero-order chi connectivity index (χ0) is 12.1. The number of nitrogens with one attached hydrogen (secondary N) is 1. The fraction of sp³-hybridized carbons (Fsp3) is 0.818. The summed E-state index contributed by atoms with van der Waals surface area (Å²) in [4.78, 5) is 22.7. The average Bonchev–Trinajstić information content (AvgIpc) is 2.20. The maximum absolute atomic E-state index is 11.7. The summed E-state index contributed by atoms with van der Waals surface area (Å²) in [5.74, 6) is -0.993. The van der Waals surface area contributed by atoms with Crippen LogP contribution in [0.4, 0.5) is 0 Å². The van der Waals surface area contributed by atoms with Gasteiger partial charge in [-0.1, -0.05) is 0 Å². The average molecular weight is 229 g/mol. The lowest BCUT2D eigenvalue weighted by Crippen LogP contribution is -2.52. The number of ether oxygens (including phenoxy) is 1. The van der Waals surface area contributed by atoms with Gasteiger partial charge < -0.3 is 15.2 Å². The summed E-state index contributed by atoms with van der Waals surface area (Å²) in [6, 6.07) is -0.509. The Bertz CT molecular complexity index is 267. The van der Waals surface area contributed by atoms with Crippen LogP contribution in [0.25, 0.3) is 0 Å². The van der Waals surface area contributed by atoms with Gasteiger partial charge in [-0.05, 0) is 26.2 Å². The van der Waals surface area contributed by atoms with Crippen molar-refractivity contribution in [1.29, 1.82) is 0 Å². The van der Waals surface area contributed by atoms with Crippen molar-refractivity contribution in [2.45, 2.75) is 45.3 Å². The molecule has 1 aliphatic carbocycles. The van der Waals surface area contributed by atoms with E-state index in [1.165, 1.54) is 6.92 Å². The molecule has 16 heavy (non-hydrogen) atoms. The van der Waals surface area contributed by atoms with E-state index >= 15 is 0 Å². The molecule has 1 saturated carbocycles. The molecule has 3 atom stereocenters. The summed E-state index contributed by atoms with van der Waals surface area (Å²) in [5.41, 5.74) is 0. The van der Waals surface area contributed by atoms with Crippen LogP contribution in [-0.4, -0.2) is 35.7 Å². The third-order valence-corrected chi connectivity index (χ3v) is 2.82. The molecule has 5 heteroatoms. The Labute approximate surface area is 95.2 Å². The summed E-state index contributed by atoms with van der Waals surface area (Å²) >= 11 is 0. The van der Waals surface area contributed by atoms with Gasteiger partial charge in [0.15, 0.2) is 0 Å². The number of rotatable bonds is 3. The van der Waals surface area contributed by atoms with Gasteiger partial charge in [0.1, 0.15) is 0 Å². The van der Waals surface area contributed by atoms with Crippen molar-refractivity contribution in [3.63, 3.8) is 0 Å². The summed E-state index contributed by atoms with van der Waals surface area (Å²) in [6.07, 6.45) is 1.38. The predicted octanol–water partition coefficient (Wildman–Crippen LogP) is 0.215. The molecule has 0 bridgehead atoms. The summed E-state index contributed by atoms with van der Waals surface area (Å²) in [7, 11) is 0. The Balaban J connectivity index is 2.69. The molecule has 0 heterocycles. The van der Waals surface area contributed by atoms with E-state index in [9.17, 15) is 14.7 Å². The number of carbonyl (C=O) groups excluding carboxylic acids is 2. The van der Waals surface area contributed by atoms with Crippen molar-refractivity contribution < 1.29 is 19.4 Å². The molecule has 1 amide bonds. The molecule has 5 nitrogen and oxygen atoms in total. The van der Waals surface area contributed by atoms with E-state index in [1.807, 2.05) is 0 Å². The standard InChI is InChI=1S/C11H19NO4/c1-3-16-11(15)8-5-4-6-9(14)10(8)12-7(2)13/h8-10,14H,3-6H2,1-2H3,(H,12,13)/t8-,9+,10-/m1/s1. The first kappa shape index (κ1) is 13.0. The highest BCUT2D eigenvalue weighted by Crippen LogP contribution is 2.26. The van der Waals surface area contributed by atoms with Gasteiger partial charge in [-0.3, -0.25) is 9.59 Å². The van der Waals surface area contributed by atoms with Crippen LogP contribution in [0.5, 0.6) is 0 Å². The van der Waals surface area contributed by atoms with Gasteiger partial charge in [0.2, 0.25) is 5.91 Å². The predicted molar refractivity (Wildman–Crippen MR) is 57.6 cm³/mol. The van der Waals surface area contributed by atoms with Crippen molar-refractivity contribution in [2.24, 2.45) is 5.92 Å². The van der Waals surface area contributed by atoms with Gasteiger partial charge in [-0.15, -0.1) is 0 Å². The van der Waals surface area contributed by atoms with E-state index in [2.05, 4.69) is 5.32 Å². The number of carbonyl (C=O) groups is 2. The van der Waals surface area contributed by atoms with Crippen LogP contribution >= 0.6 is 0 Å². The first-order valence-corrected chi connectivity index (χ1v) is 5.68. The second-order valence-electron chi connectivity index (χ2n) is 4.08. The second-order valence-corrected chi connectivity index (χ2v) is 4.08. The zero-order valence-electron chi connectivity index (χ0n) is 9.73. The quantitative estimate of drug-likeness (QED) is 0.679. The Hall–Kier alpha value is -1.10. The maximum atomic E-state index is 11.7. The molecule has 0 saturated heterocycles. The minimum atomic E-state index is -0.660. The molecule has 0 radical (unpaired) electrons. The summed E-state index contributed by atoms with van der Waals surface area (Å²) < 4.78 is 4.94. The molecule has 0 aromatic heterocycles. The summed E-state index contributed by atoms with van der Waals surface area (Å²) in [5, 5.41) is 12.4. The minimum Gasteiger partial charge on any atom is -0.466 e. The molecule has 0 aliphatic heterocycles. The normalized spacial score (nSPS) is 29.6. The highest BCUT2D eigenvalue weighted by atomic mass is 16.5. The third-order valence-electron chi connectivity index (χ3n) is 2.82. The lowest BCUT2D eigenvalue weighted by molar-refractivity contribution is -0.152. The van der Waals surface area contributed by atoms with E-state index in [-0.39, 0.29) is 11.9 Å². The first-order valence-electron chi connectivity index (χ1n) is 5.68. The van der Waals surface area contributed by atoms with E-state index < -0.39 is 18.1 Å². The van der Waals surface area contributed by atoms with E-state index in [0.29, 0.717) is 19.4 Å². The van der Waals surface area contributed by atoms with E-state index in [4.69, 9.17) is 4.74 Å². The van der Waals surface area contributed by atoms with Crippen molar-refractivity contribution in [3.8, 4) is 0 Å². The van der Waals surface area contributed by atoms with Crippen LogP contribution in [0.3, 0.4) is 0 Å². The smallest absolute Gasteiger partial charge is 0.311 e. The Kier molecular flexibility index (Phi) is 4.73. The molecule has 0 spiro atoms. The Morgan fingerprint density at radius 2 is 2.12 bits per heavy atom. The number of hydrogen-bond donors (Lipinski definition) is 2. The Morgan fingerprint density at radius 1 is 1.44 bits per heavy atom. The molecule has 0 aromatic carbocycles. The number of amides is 1. The lowest BCUT2D eigenvalue weighted by Gasteiger charge is -2.34. The largest absolute Gasteiger partial charge is 0.466 e. The van der Waals surface area contributed by atoms with Crippen LogP contribution < -0.4 is 5.32 Å². The van der Waals surface area contributed by atoms with Crippen LogP contribution in [-0.2, 0) is 14.3 Å². The molecule has 92 valence electrons. The number of aliphatic hydroxyl groups is 1. The van der Waals surface area contributed by atoms with Gasteiger partial charge in [0, 0.05) is 6.92 Å². The number of hydrogen-bond acceptors (Lipinski definition) is 4. The molecule has 1 fully saturated rings. The molecule has 1 aliphatic rings. The van der Waals surface area contributed by atoms with Crippen LogP contribution in [0.2, 0.25) is 0 Å². The third kappa shape index (κ3) is 3.20. The SMILES string of the molecule is CCOC(=O)[C@@H]1CCC[C@H](O)[C@@H]1NC(C)=O. The molecular weight excluding hydrogens is 210 g/mol. The minimum absolute atomic E-state index is 0.236. The highest BCUT2D eigenvalue weighted by Gasteiger charge is 2.38. The summed E-state index contributed by atoms with van der Waals surface area (Å²) in [6.45, 7) is 3.44. The van der Waals surface area contributed by atoms with E-state index in [1.54, 1.807) is 6.92 Å². The Morgan fingerprint density at radius 3 is 2.69 bits per heavy atom. The van der Waals surface area contributed by atoms with Crippen LogP contribution in [0.1, 0.15) is 33.1 Å². The monoisotopic (exact) mass is 229 g/mol. The molecular formula is C11H19NO4. The first-order chi connectivity index (χ1) is 7.56.